The molecular formula is C26H30N2O2S2. The topological polar surface area (TPSA) is 49.4 Å². The first kappa shape index (κ1) is 22.7. The van der Waals surface area contributed by atoms with E-state index in [1.54, 1.807) is 27.6 Å². The number of nitrogens with zero attached hydrogens (tertiary/aromatic N) is 1. The predicted octanol–water partition coefficient (Wildman–Crippen LogP) is 5.61. The van der Waals surface area contributed by atoms with Crippen molar-refractivity contribution in [3.05, 3.63) is 80.7 Å². The predicted molar refractivity (Wildman–Crippen MR) is 132 cm³/mol. The van der Waals surface area contributed by atoms with E-state index in [4.69, 9.17) is 0 Å². The van der Waals surface area contributed by atoms with Crippen molar-refractivity contribution in [1.82, 2.24) is 10.2 Å². The van der Waals surface area contributed by atoms with Gasteiger partial charge in [-0.2, -0.15) is 0 Å². The van der Waals surface area contributed by atoms with Crippen molar-refractivity contribution in [3.63, 3.8) is 0 Å². The Morgan fingerprint density at radius 2 is 1.69 bits per heavy atom. The maximum atomic E-state index is 13.6. The van der Waals surface area contributed by atoms with Crippen LogP contribution in [-0.4, -0.2) is 29.3 Å². The van der Waals surface area contributed by atoms with E-state index in [0.717, 1.165) is 41.9 Å². The van der Waals surface area contributed by atoms with Crippen LogP contribution in [0.2, 0.25) is 0 Å². The summed E-state index contributed by atoms with van der Waals surface area (Å²) in [5.74, 6) is -0.0486. The van der Waals surface area contributed by atoms with E-state index in [1.165, 1.54) is 12.0 Å². The van der Waals surface area contributed by atoms with Gasteiger partial charge in [0.2, 0.25) is 11.8 Å². The quantitative estimate of drug-likeness (QED) is 0.445. The third-order valence-corrected chi connectivity index (χ3v) is 7.84. The monoisotopic (exact) mass is 466 g/mol. The summed E-state index contributed by atoms with van der Waals surface area (Å²) in [5, 5.41) is 7.25. The molecule has 0 aliphatic heterocycles. The van der Waals surface area contributed by atoms with E-state index in [1.807, 2.05) is 53.2 Å². The minimum absolute atomic E-state index is 0.000533. The maximum Gasteiger partial charge on any atom is 0.248 e. The lowest BCUT2D eigenvalue weighted by Crippen LogP contribution is -2.47. The molecule has 1 aliphatic carbocycles. The van der Waals surface area contributed by atoms with Gasteiger partial charge < -0.3 is 10.2 Å². The highest BCUT2D eigenvalue weighted by atomic mass is 32.1. The Balaban J connectivity index is 1.58. The van der Waals surface area contributed by atoms with E-state index in [2.05, 4.69) is 17.4 Å². The number of benzene rings is 1. The van der Waals surface area contributed by atoms with Gasteiger partial charge in [-0.05, 0) is 47.7 Å². The van der Waals surface area contributed by atoms with Gasteiger partial charge in [-0.25, -0.2) is 0 Å². The van der Waals surface area contributed by atoms with Crippen LogP contribution >= 0.6 is 22.7 Å². The Morgan fingerprint density at radius 1 is 0.938 bits per heavy atom. The molecule has 32 heavy (non-hydrogen) atoms. The number of rotatable bonds is 9. The highest BCUT2D eigenvalue weighted by Gasteiger charge is 2.33. The highest BCUT2D eigenvalue weighted by molar-refractivity contribution is 7.10. The molecular weight excluding hydrogens is 436 g/mol. The average molecular weight is 467 g/mol. The molecule has 1 fully saturated rings. The second kappa shape index (κ2) is 11.4. The average Bonchev–Trinajstić information content (AvgIpc) is 3.52. The van der Waals surface area contributed by atoms with Gasteiger partial charge in [0.05, 0.1) is 6.42 Å². The Labute approximate surface area is 198 Å². The first-order valence-corrected chi connectivity index (χ1v) is 13.2. The minimum Gasteiger partial charge on any atom is -0.351 e. The van der Waals surface area contributed by atoms with Crippen molar-refractivity contribution >= 4 is 34.5 Å². The normalized spacial score (nSPS) is 15.2. The van der Waals surface area contributed by atoms with Crippen LogP contribution in [0.15, 0.2) is 65.4 Å². The number of hydrogen-bond donors (Lipinski definition) is 1. The number of carbonyl (C=O) groups excluding carboxylic acids is 2. The molecule has 1 saturated carbocycles. The summed E-state index contributed by atoms with van der Waals surface area (Å²) in [5.41, 5.74) is 1.17. The van der Waals surface area contributed by atoms with Crippen LogP contribution in [0.25, 0.3) is 0 Å². The fraction of sp³-hybridized carbons (Fsp3) is 0.385. The minimum atomic E-state index is -0.590. The van der Waals surface area contributed by atoms with Crippen LogP contribution < -0.4 is 5.32 Å². The number of hydrogen-bond acceptors (Lipinski definition) is 4. The molecule has 4 rings (SSSR count). The lowest BCUT2D eigenvalue weighted by atomic mass is 9.95. The standard InChI is InChI=1S/C26H30N2O2S2/c29-24(19-22-13-7-17-31-22)28(16-15-20-9-3-1-4-10-20)25(23-14-8-18-32-23)26(30)27-21-11-5-2-6-12-21/h1,3-4,7-10,13-14,17-18,21,25H,2,5-6,11-12,15-16,19H2,(H,27,30)/t25-/m1/s1. The molecule has 2 amide bonds. The van der Waals surface area contributed by atoms with Crippen LogP contribution in [0.4, 0.5) is 0 Å². The Morgan fingerprint density at radius 3 is 2.38 bits per heavy atom. The van der Waals surface area contributed by atoms with Crippen molar-refractivity contribution in [1.29, 1.82) is 0 Å². The molecule has 3 aromatic rings. The summed E-state index contributed by atoms with van der Waals surface area (Å²) in [6.45, 7) is 0.509. The van der Waals surface area contributed by atoms with E-state index < -0.39 is 6.04 Å². The molecule has 1 atom stereocenters. The summed E-state index contributed by atoms with van der Waals surface area (Å²) < 4.78 is 0. The van der Waals surface area contributed by atoms with Crippen molar-refractivity contribution in [2.45, 2.75) is 57.0 Å². The Kier molecular flexibility index (Phi) is 8.13. The lowest BCUT2D eigenvalue weighted by Gasteiger charge is -2.33. The van der Waals surface area contributed by atoms with Gasteiger partial charge >= 0.3 is 0 Å². The number of thiophene rings is 2. The highest BCUT2D eigenvalue weighted by Crippen LogP contribution is 2.28. The molecule has 4 nitrogen and oxygen atoms in total. The molecule has 6 heteroatoms. The van der Waals surface area contributed by atoms with Gasteiger partial charge in [0.25, 0.3) is 0 Å². The fourth-order valence-corrected chi connectivity index (χ4v) is 5.88. The van der Waals surface area contributed by atoms with Crippen LogP contribution in [0.1, 0.15) is 53.5 Å². The fourth-order valence-electron chi connectivity index (χ4n) is 4.35. The summed E-state index contributed by atoms with van der Waals surface area (Å²) >= 11 is 3.13. The largest absolute Gasteiger partial charge is 0.351 e. The number of nitrogens with one attached hydrogen (secondary N) is 1. The zero-order chi connectivity index (χ0) is 22.2. The van der Waals surface area contributed by atoms with Crippen molar-refractivity contribution in [3.8, 4) is 0 Å². The third-order valence-electron chi connectivity index (χ3n) is 6.03. The lowest BCUT2D eigenvalue weighted by molar-refractivity contribution is -0.140. The Hall–Kier alpha value is -2.44. The van der Waals surface area contributed by atoms with Crippen LogP contribution in [0.5, 0.6) is 0 Å². The molecule has 1 N–H and O–H groups in total. The van der Waals surface area contributed by atoms with Crippen LogP contribution in [-0.2, 0) is 22.4 Å². The summed E-state index contributed by atoms with van der Waals surface area (Å²) in [4.78, 5) is 30.8. The summed E-state index contributed by atoms with van der Waals surface area (Å²) in [6, 6.07) is 17.7. The third kappa shape index (κ3) is 6.08. The van der Waals surface area contributed by atoms with Gasteiger partial charge in [-0.3, -0.25) is 9.59 Å². The summed E-state index contributed by atoms with van der Waals surface area (Å²) in [7, 11) is 0. The van der Waals surface area contributed by atoms with Crippen LogP contribution in [0, 0.1) is 0 Å². The molecule has 0 unspecified atom stereocenters. The zero-order valence-electron chi connectivity index (χ0n) is 18.2. The van der Waals surface area contributed by atoms with Crippen molar-refractivity contribution < 1.29 is 9.59 Å². The smallest absolute Gasteiger partial charge is 0.248 e. The second-order valence-corrected chi connectivity index (χ2v) is 10.4. The second-order valence-electron chi connectivity index (χ2n) is 8.34. The van der Waals surface area contributed by atoms with Crippen molar-refractivity contribution in [2.75, 3.05) is 6.54 Å². The van der Waals surface area contributed by atoms with E-state index >= 15 is 0 Å². The number of amides is 2. The van der Waals surface area contributed by atoms with E-state index in [-0.39, 0.29) is 17.9 Å². The van der Waals surface area contributed by atoms with E-state index in [9.17, 15) is 9.59 Å². The molecule has 0 radical (unpaired) electrons. The molecule has 1 aromatic carbocycles. The van der Waals surface area contributed by atoms with Gasteiger partial charge in [-0.1, -0.05) is 61.7 Å². The number of carbonyl (C=O) groups is 2. The van der Waals surface area contributed by atoms with Gasteiger partial charge in [0, 0.05) is 22.3 Å². The first-order valence-electron chi connectivity index (χ1n) is 11.4. The molecule has 2 aromatic heterocycles. The zero-order valence-corrected chi connectivity index (χ0v) is 19.9. The molecule has 0 spiro atoms. The molecule has 0 bridgehead atoms. The molecule has 0 saturated heterocycles. The first-order chi connectivity index (χ1) is 15.7. The Bertz CT molecular complexity index is 965. The SMILES string of the molecule is O=C(NC1CCCCC1)[C@@H](c1cccs1)N(CCc1ccccc1)C(=O)Cc1cccs1. The van der Waals surface area contributed by atoms with E-state index in [0.29, 0.717) is 13.0 Å². The summed E-state index contributed by atoms with van der Waals surface area (Å²) in [6.07, 6.45) is 6.64. The van der Waals surface area contributed by atoms with Gasteiger partial charge in [-0.15, -0.1) is 22.7 Å². The van der Waals surface area contributed by atoms with Gasteiger partial charge in [0.1, 0.15) is 6.04 Å². The van der Waals surface area contributed by atoms with Crippen LogP contribution in [0.3, 0.4) is 0 Å². The van der Waals surface area contributed by atoms with Crippen molar-refractivity contribution in [2.24, 2.45) is 0 Å². The molecule has 2 heterocycles. The molecule has 168 valence electrons. The van der Waals surface area contributed by atoms with Gasteiger partial charge in [0.15, 0.2) is 0 Å². The maximum absolute atomic E-state index is 13.6. The molecule has 1 aliphatic rings.